The van der Waals surface area contributed by atoms with Crippen LogP contribution in [0, 0.1) is 0 Å². The van der Waals surface area contributed by atoms with Gasteiger partial charge in [0.1, 0.15) is 5.75 Å². The molecule has 1 heterocycles. The monoisotopic (exact) mass is 342 g/mol. The molecule has 1 aliphatic heterocycles. The normalized spacial score (nSPS) is 15.2. The zero-order valence-corrected chi connectivity index (χ0v) is 14.9. The van der Waals surface area contributed by atoms with E-state index in [1.807, 2.05) is 31.2 Å². The van der Waals surface area contributed by atoms with Crippen LogP contribution in [0.4, 0.5) is 5.69 Å². The van der Waals surface area contributed by atoms with Crippen molar-refractivity contribution in [3.05, 3.63) is 48.0 Å². The van der Waals surface area contributed by atoms with E-state index in [9.17, 15) is 5.11 Å². The molecule has 2 aromatic carbocycles. The fourth-order valence-corrected chi connectivity index (χ4v) is 3.14. The molecule has 1 aliphatic rings. The molecule has 0 unspecified atom stereocenters. The maximum absolute atomic E-state index is 9.82. The lowest BCUT2D eigenvalue weighted by Gasteiger charge is -2.36. The van der Waals surface area contributed by atoms with Crippen LogP contribution in [-0.2, 0) is 6.54 Å². The molecule has 0 aromatic heterocycles. The van der Waals surface area contributed by atoms with Crippen molar-refractivity contribution >= 4 is 5.69 Å². The summed E-state index contributed by atoms with van der Waals surface area (Å²) in [4.78, 5) is 4.83. The zero-order valence-electron chi connectivity index (χ0n) is 14.9. The molecular formula is C20H26N2O3. The van der Waals surface area contributed by atoms with Gasteiger partial charge in [0, 0.05) is 38.4 Å². The molecule has 0 amide bonds. The van der Waals surface area contributed by atoms with Crippen LogP contribution in [0.25, 0.3) is 0 Å². The van der Waals surface area contributed by atoms with Crippen LogP contribution in [0.2, 0.25) is 0 Å². The molecule has 0 bridgehead atoms. The second kappa shape index (κ2) is 8.12. The molecular weight excluding hydrogens is 316 g/mol. The summed E-state index contributed by atoms with van der Waals surface area (Å²) in [5, 5.41) is 9.82. The summed E-state index contributed by atoms with van der Waals surface area (Å²) < 4.78 is 10.7. The lowest BCUT2D eigenvalue weighted by atomic mass is 10.1. The van der Waals surface area contributed by atoms with Gasteiger partial charge in [0.05, 0.1) is 13.7 Å². The summed E-state index contributed by atoms with van der Waals surface area (Å²) in [5.41, 5.74) is 2.41. The van der Waals surface area contributed by atoms with Crippen molar-refractivity contribution in [2.75, 3.05) is 44.8 Å². The van der Waals surface area contributed by atoms with Crippen LogP contribution in [0.1, 0.15) is 12.5 Å². The van der Waals surface area contributed by atoms with Crippen LogP contribution >= 0.6 is 0 Å². The van der Waals surface area contributed by atoms with Crippen molar-refractivity contribution in [3.63, 3.8) is 0 Å². The summed E-state index contributed by atoms with van der Waals surface area (Å²) >= 11 is 0. The Morgan fingerprint density at radius 3 is 2.36 bits per heavy atom. The van der Waals surface area contributed by atoms with Gasteiger partial charge in [0.15, 0.2) is 11.5 Å². The Labute approximate surface area is 149 Å². The largest absolute Gasteiger partial charge is 0.504 e. The number of benzene rings is 2. The molecule has 0 saturated carbocycles. The fourth-order valence-electron chi connectivity index (χ4n) is 3.14. The molecule has 3 rings (SSSR count). The SMILES string of the molecule is CCOc1cc(CN2CCN(c3ccc(OC)cc3)CC2)ccc1O. The van der Waals surface area contributed by atoms with Crippen LogP contribution in [0.5, 0.6) is 17.2 Å². The number of ether oxygens (including phenoxy) is 2. The summed E-state index contributed by atoms with van der Waals surface area (Å²) in [7, 11) is 1.69. The van der Waals surface area contributed by atoms with Crippen molar-refractivity contribution in [1.29, 1.82) is 0 Å². The second-order valence-corrected chi connectivity index (χ2v) is 6.20. The number of anilines is 1. The van der Waals surface area contributed by atoms with Gasteiger partial charge < -0.3 is 19.5 Å². The first-order valence-corrected chi connectivity index (χ1v) is 8.75. The van der Waals surface area contributed by atoms with Crippen molar-refractivity contribution in [1.82, 2.24) is 4.90 Å². The third-order valence-electron chi connectivity index (χ3n) is 4.54. The van der Waals surface area contributed by atoms with Gasteiger partial charge in [-0.15, -0.1) is 0 Å². The van der Waals surface area contributed by atoms with E-state index in [1.165, 1.54) is 11.3 Å². The van der Waals surface area contributed by atoms with Crippen molar-refractivity contribution < 1.29 is 14.6 Å². The predicted octanol–water partition coefficient (Wildman–Crippen LogP) is 3.12. The highest BCUT2D eigenvalue weighted by Gasteiger charge is 2.18. The molecule has 25 heavy (non-hydrogen) atoms. The first-order chi connectivity index (χ1) is 12.2. The topological polar surface area (TPSA) is 45.2 Å². The minimum Gasteiger partial charge on any atom is -0.504 e. The average molecular weight is 342 g/mol. The third-order valence-corrected chi connectivity index (χ3v) is 4.54. The lowest BCUT2D eigenvalue weighted by molar-refractivity contribution is 0.249. The molecule has 134 valence electrons. The summed E-state index contributed by atoms with van der Waals surface area (Å²) in [6.45, 7) is 7.37. The van der Waals surface area contributed by atoms with E-state index < -0.39 is 0 Å². The zero-order chi connectivity index (χ0) is 17.6. The van der Waals surface area contributed by atoms with Crippen LogP contribution in [0.15, 0.2) is 42.5 Å². The maximum Gasteiger partial charge on any atom is 0.161 e. The van der Waals surface area contributed by atoms with Gasteiger partial charge in [-0.1, -0.05) is 6.07 Å². The molecule has 0 radical (unpaired) electrons. The number of piperazine rings is 1. The van der Waals surface area contributed by atoms with Gasteiger partial charge in [0.25, 0.3) is 0 Å². The Hall–Kier alpha value is -2.40. The summed E-state index contributed by atoms with van der Waals surface area (Å²) in [6, 6.07) is 13.9. The van der Waals surface area contributed by atoms with Gasteiger partial charge in [-0.25, -0.2) is 0 Å². The summed E-state index contributed by atoms with van der Waals surface area (Å²) in [5.74, 6) is 1.66. The smallest absolute Gasteiger partial charge is 0.161 e. The number of phenolic OH excluding ortho intramolecular Hbond substituents is 1. The Morgan fingerprint density at radius 2 is 1.72 bits per heavy atom. The Bertz CT molecular complexity index is 680. The second-order valence-electron chi connectivity index (χ2n) is 6.20. The number of hydrogen-bond donors (Lipinski definition) is 1. The highest BCUT2D eigenvalue weighted by Crippen LogP contribution is 2.28. The van der Waals surface area contributed by atoms with Crippen LogP contribution < -0.4 is 14.4 Å². The number of rotatable bonds is 6. The Balaban J connectivity index is 1.56. The van der Waals surface area contributed by atoms with Crippen molar-refractivity contribution in [2.45, 2.75) is 13.5 Å². The predicted molar refractivity (Wildman–Crippen MR) is 99.8 cm³/mol. The van der Waals surface area contributed by atoms with Gasteiger partial charge in [0.2, 0.25) is 0 Å². The Morgan fingerprint density at radius 1 is 1.00 bits per heavy atom. The first kappa shape index (κ1) is 17.4. The fraction of sp³-hybridized carbons (Fsp3) is 0.400. The van der Waals surface area contributed by atoms with E-state index in [-0.39, 0.29) is 5.75 Å². The van der Waals surface area contributed by atoms with E-state index in [0.717, 1.165) is 38.5 Å². The minimum absolute atomic E-state index is 0.204. The average Bonchev–Trinajstić information content (AvgIpc) is 2.65. The highest BCUT2D eigenvalue weighted by atomic mass is 16.5. The van der Waals surface area contributed by atoms with E-state index in [2.05, 4.69) is 21.9 Å². The number of nitrogens with zero attached hydrogens (tertiary/aromatic N) is 2. The maximum atomic E-state index is 9.82. The minimum atomic E-state index is 0.204. The third kappa shape index (κ3) is 4.37. The first-order valence-electron chi connectivity index (χ1n) is 8.75. The van der Waals surface area contributed by atoms with E-state index >= 15 is 0 Å². The van der Waals surface area contributed by atoms with E-state index in [4.69, 9.17) is 9.47 Å². The molecule has 5 heteroatoms. The van der Waals surface area contributed by atoms with Gasteiger partial charge in [-0.2, -0.15) is 0 Å². The van der Waals surface area contributed by atoms with Gasteiger partial charge in [-0.3, -0.25) is 4.90 Å². The molecule has 0 spiro atoms. The molecule has 0 atom stereocenters. The molecule has 0 aliphatic carbocycles. The van der Waals surface area contributed by atoms with Crippen LogP contribution in [-0.4, -0.2) is 49.9 Å². The molecule has 1 saturated heterocycles. The van der Waals surface area contributed by atoms with Crippen molar-refractivity contribution in [3.8, 4) is 17.2 Å². The quantitative estimate of drug-likeness (QED) is 0.874. The highest BCUT2D eigenvalue weighted by molar-refractivity contribution is 5.49. The molecule has 1 N–H and O–H groups in total. The number of phenols is 1. The Kier molecular flexibility index (Phi) is 5.66. The molecule has 1 fully saturated rings. The lowest BCUT2D eigenvalue weighted by Crippen LogP contribution is -2.45. The van der Waals surface area contributed by atoms with Gasteiger partial charge >= 0.3 is 0 Å². The number of methoxy groups -OCH3 is 1. The summed E-state index contributed by atoms with van der Waals surface area (Å²) in [6.07, 6.45) is 0. The van der Waals surface area contributed by atoms with Crippen molar-refractivity contribution in [2.24, 2.45) is 0 Å². The van der Waals surface area contributed by atoms with Crippen LogP contribution in [0.3, 0.4) is 0 Å². The molecule has 2 aromatic rings. The van der Waals surface area contributed by atoms with E-state index in [1.54, 1.807) is 13.2 Å². The number of hydrogen-bond acceptors (Lipinski definition) is 5. The van der Waals surface area contributed by atoms with E-state index in [0.29, 0.717) is 12.4 Å². The standard InChI is InChI=1S/C20H26N2O3/c1-3-25-20-14-16(4-9-19(20)23)15-21-10-12-22(13-11-21)17-5-7-18(24-2)8-6-17/h4-9,14,23H,3,10-13,15H2,1-2H3. The number of aromatic hydroxyl groups is 1. The molecule has 5 nitrogen and oxygen atoms in total. The van der Waals surface area contributed by atoms with Gasteiger partial charge in [-0.05, 0) is 48.9 Å².